The number of anilines is 1. The van der Waals surface area contributed by atoms with Crippen molar-refractivity contribution in [2.75, 3.05) is 5.73 Å². The molecule has 0 aliphatic rings. The maximum absolute atomic E-state index is 12.1. The van der Waals surface area contributed by atoms with Crippen LogP contribution < -0.4 is 16.2 Å². The van der Waals surface area contributed by atoms with Crippen molar-refractivity contribution in [3.8, 4) is 0 Å². The van der Waals surface area contributed by atoms with Crippen molar-refractivity contribution in [3.05, 3.63) is 23.2 Å². The van der Waals surface area contributed by atoms with Gasteiger partial charge in [0.15, 0.2) is 0 Å². The first-order valence-electron chi connectivity index (χ1n) is 5.52. The highest BCUT2D eigenvalue weighted by atomic mass is 35.5. The van der Waals surface area contributed by atoms with E-state index in [0.717, 1.165) is 0 Å². The van der Waals surface area contributed by atoms with Gasteiger partial charge in [-0.3, -0.25) is 4.79 Å². The van der Waals surface area contributed by atoms with E-state index < -0.39 is 22.0 Å². The van der Waals surface area contributed by atoms with Gasteiger partial charge in [0.1, 0.15) is 6.04 Å². The van der Waals surface area contributed by atoms with Gasteiger partial charge in [0.05, 0.1) is 15.6 Å². The molecule has 1 unspecified atom stereocenters. The van der Waals surface area contributed by atoms with Crippen LogP contribution in [0.3, 0.4) is 0 Å². The molecule has 1 atom stereocenters. The first-order valence-corrected chi connectivity index (χ1v) is 7.38. The number of nitrogen functional groups attached to an aromatic ring is 1. The SMILES string of the molecule is CC(C)C(NS(=O)(=O)c1ccc(Cl)c(N)c1)C(N)=O. The van der Waals surface area contributed by atoms with E-state index in [2.05, 4.69) is 4.72 Å². The van der Waals surface area contributed by atoms with E-state index in [1.54, 1.807) is 13.8 Å². The van der Waals surface area contributed by atoms with Crippen LogP contribution >= 0.6 is 11.6 Å². The Balaban J connectivity index is 3.10. The minimum absolute atomic E-state index is 0.0682. The molecule has 0 spiro atoms. The Bertz CT molecular complexity index is 587. The third-order valence-electron chi connectivity index (χ3n) is 2.53. The molecule has 8 heteroatoms. The van der Waals surface area contributed by atoms with Gasteiger partial charge in [-0.2, -0.15) is 4.72 Å². The molecule has 0 saturated heterocycles. The van der Waals surface area contributed by atoms with Crippen molar-refractivity contribution in [1.82, 2.24) is 4.72 Å². The number of carbonyl (C=O) groups excluding carboxylic acids is 1. The van der Waals surface area contributed by atoms with Crippen LogP contribution in [0.1, 0.15) is 13.8 Å². The molecule has 0 aliphatic heterocycles. The van der Waals surface area contributed by atoms with Crippen LogP contribution in [0.5, 0.6) is 0 Å². The molecule has 1 amide bonds. The van der Waals surface area contributed by atoms with E-state index in [0.29, 0.717) is 0 Å². The van der Waals surface area contributed by atoms with Gasteiger partial charge in [0.2, 0.25) is 15.9 Å². The van der Waals surface area contributed by atoms with Gasteiger partial charge in [-0.15, -0.1) is 0 Å². The Labute approximate surface area is 117 Å². The predicted octanol–water partition coefficient (Wildman–Crippen LogP) is 0.710. The Morgan fingerprint density at radius 3 is 2.37 bits per heavy atom. The highest BCUT2D eigenvalue weighted by Gasteiger charge is 2.26. The van der Waals surface area contributed by atoms with E-state index in [-0.39, 0.29) is 21.5 Å². The molecule has 5 N–H and O–H groups in total. The zero-order chi connectivity index (χ0) is 14.8. The molecule has 1 aromatic rings. The molecular formula is C11H16ClN3O3S. The zero-order valence-electron chi connectivity index (χ0n) is 10.6. The van der Waals surface area contributed by atoms with E-state index in [9.17, 15) is 13.2 Å². The molecular weight excluding hydrogens is 290 g/mol. The summed E-state index contributed by atoms with van der Waals surface area (Å²) in [4.78, 5) is 11.2. The molecule has 0 fully saturated rings. The third kappa shape index (κ3) is 3.82. The number of carbonyl (C=O) groups is 1. The Morgan fingerprint density at radius 1 is 1.37 bits per heavy atom. The molecule has 0 aliphatic carbocycles. The van der Waals surface area contributed by atoms with Crippen LogP contribution in [-0.2, 0) is 14.8 Å². The number of hydrogen-bond donors (Lipinski definition) is 3. The number of amides is 1. The van der Waals surface area contributed by atoms with Crippen LogP contribution in [0.15, 0.2) is 23.1 Å². The van der Waals surface area contributed by atoms with Crippen molar-refractivity contribution in [2.45, 2.75) is 24.8 Å². The van der Waals surface area contributed by atoms with Gasteiger partial charge >= 0.3 is 0 Å². The smallest absolute Gasteiger partial charge is 0.241 e. The average Bonchev–Trinajstić information content (AvgIpc) is 2.28. The van der Waals surface area contributed by atoms with E-state index in [4.69, 9.17) is 23.1 Å². The van der Waals surface area contributed by atoms with Crippen LogP contribution in [-0.4, -0.2) is 20.4 Å². The quantitative estimate of drug-likeness (QED) is 0.695. The van der Waals surface area contributed by atoms with Crippen molar-refractivity contribution in [1.29, 1.82) is 0 Å². The van der Waals surface area contributed by atoms with Crippen molar-refractivity contribution in [3.63, 3.8) is 0 Å². The second-order valence-corrected chi connectivity index (χ2v) is 6.55. The largest absolute Gasteiger partial charge is 0.397 e. The van der Waals surface area contributed by atoms with Crippen molar-refractivity contribution >= 4 is 33.2 Å². The lowest BCUT2D eigenvalue weighted by atomic mass is 10.1. The fraction of sp³-hybridized carbons (Fsp3) is 0.364. The molecule has 0 saturated carbocycles. The lowest BCUT2D eigenvalue weighted by Crippen LogP contribution is -2.47. The normalized spacial score (nSPS) is 13.5. The summed E-state index contributed by atoms with van der Waals surface area (Å²) in [7, 11) is -3.88. The molecule has 0 bridgehead atoms. The molecule has 6 nitrogen and oxygen atoms in total. The molecule has 0 aromatic heterocycles. The Morgan fingerprint density at radius 2 is 1.95 bits per heavy atom. The Hall–Kier alpha value is -1.31. The number of sulfonamides is 1. The van der Waals surface area contributed by atoms with Gasteiger partial charge in [-0.1, -0.05) is 25.4 Å². The molecule has 0 radical (unpaired) electrons. The van der Waals surface area contributed by atoms with Gasteiger partial charge in [0.25, 0.3) is 0 Å². The highest BCUT2D eigenvalue weighted by molar-refractivity contribution is 7.89. The molecule has 1 rings (SSSR count). The summed E-state index contributed by atoms with van der Waals surface area (Å²) < 4.78 is 26.4. The molecule has 1 aromatic carbocycles. The van der Waals surface area contributed by atoms with Crippen LogP contribution in [0.2, 0.25) is 5.02 Å². The van der Waals surface area contributed by atoms with Crippen molar-refractivity contribution in [2.24, 2.45) is 11.7 Å². The third-order valence-corrected chi connectivity index (χ3v) is 4.32. The fourth-order valence-corrected chi connectivity index (χ4v) is 2.95. The lowest BCUT2D eigenvalue weighted by molar-refractivity contribution is -0.120. The number of hydrogen-bond acceptors (Lipinski definition) is 4. The molecule has 106 valence electrons. The summed E-state index contributed by atoms with van der Waals surface area (Å²) in [6.45, 7) is 3.38. The van der Waals surface area contributed by atoms with Crippen molar-refractivity contribution < 1.29 is 13.2 Å². The number of nitrogens with one attached hydrogen (secondary N) is 1. The fourth-order valence-electron chi connectivity index (χ4n) is 1.45. The van der Waals surface area contributed by atoms with E-state index in [1.165, 1.54) is 18.2 Å². The lowest BCUT2D eigenvalue weighted by Gasteiger charge is -2.19. The van der Waals surface area contributed by atoms with Gasteiger partial charge in [-0.25, -0.2) is 8.42 Å². The molecule has 0 heterocycles. The highest BCUT2D eigenvalue weighted by Crippen LogP contribution is 2.22. The van der Waals surface area contributed by atoms with Gasteiger partial charge in [-0.05, 0) is 24.1 Å². The monoisotopic (exact) mass is 305 g/mol. The summed E-state index contributed by atoms with van der Waals surface area (Å²) in [5.41, 5.74) is 10.9. The first-order chi connectivity index (χ1) is 8.65. The van der Waals surface area contributed by atoms with Crippen LogP contribution in [0.4, 0.5) is 5.69 Å². The minimum Gasteiger partial charge on any atom is -0.397 e. The minimum atomic E-state index is -3.88. The van der Waals surface area contributed by atoms with Gasteiger partial charge in [0, 0.05) is 0 Å². The van der Waals surface area contributed by atoms with Crippen LogP contribution in [0, 0.1) is 5.92 Å². The summed E-state index contributed by atoms with van der Waals surface area (Å²) in [5, 5.41) is 0.259. The van der Waals surface area contributed by atoms with Gasteiger partial charge < -0.3 is 11.5 Å². The number of benzene rings is 1. The first kappa shape index (κ1) is 15.7. The summed E-state index contributed by atoms with van der Waals surface area (Å²) in [6, 6.07) is 2.92. The number of halogens is 1. The average molecular weight is 306 g/mol. The maximum atomic E-state index is 12.1. The topological polar surface area (TPSA) is 115 Å². The predicted molar refractivity (Wildman–Crippen MR) is 74.0 cm³/mol. The Kier molecular flexibility index (Phi) is 4.78. The summed E-state index contributed by atoms with van der Waals surface area (Å²) in [5.74, 6) is -1.00. The second-order valence-electron chi connectivity index (χ2n) is 4.43. The number of rotatable bonds is 5. The van der Waals surface area contributed by atoms with Crippen LogP contribution in [0.25, 0.3) is 0 Å². The van der Waals surface area contributed by atoms with E-state index in [1.807, 2.05) is 0 Å². The standard InChI is InChI=1S/C11H16ClN3O3S/c1-6(2)10(11(14)16)15-19(17,18)7-3-4-8(12)9(13)5-7/h3-6,10,15H,13H2,1-2H3,(H2,14,16). The maximum Gasteiger partial charge on any atom is 0.241 e. The number of primary amides is 1. The summed E-state index contributed by atoms with van der Waals surface area (Å²) in [6.07, 6.45) is 0. The van der Waals surface area contributed by atoms with E-state index >= 15 is 0 Å². The zero-order valence-corrected chi connectivity index (χ0v) is 12.1. The number of nitrogens with two attached hydrogens (primary N) is 2. The molecule has 19 heavy (non-hydrogen) atoms. The summed E-state index contributed by atoms with van der Waals surface area (Å²) >= 11 is 5.72. The second kappa shape index (κ2) is 5.77.